The highest BCUT2D eigenvalue weighted by atomic mass is 19.4. The summed E-state index contributed by atoms with van der Waals surface area (Å²) in [6.45, 7) is -0.162. The number of piperidine rings is 1. The van der Waals surface area contributed by atoms with Crippen molar-refractivity contribution in [1.29, 1.82) is 0 Å². The molecule has 2 atom stereocenters. The van der Waals surface area contributed by atoms with E-state index in [9.17, 15) is 18.0 Å². The van der Waals surface area contributed by atoms with Gasteiger partial charge < -0.3 is 10.2 Å². The maximum absolute atomic E-state index is 12.8. The predicted octanol–water partition coefficient (Wildman–Crippen LogP) is 4.02. The van der Waals surface area contributed by atoms with E-state index in [1.807, 2.05) is 0 Å². The zero-order valence-electron chi connectivity index (χ0n) is 14.3. The summed E-state index contributed by atoms with van der Waals surface area (Å²) in [5.41, 5.74) is 0. The monoisotopic (exact) mass is 346 g/mol. The molecule has 3 fully saturated rings. The first-order valence-corrected chi connectivity index (χ1v) is 9.53. The van der Waals surface area contributed by atoms with Crippen LogP contribution in [0.3, 0.4) is 0 Å². The normalized spacial score (nSPS) is 31.2. The van der Waals surface area contributed by atoms with Gasteiger partial charge in [0.05, 0.1) is 6.42 Å². The molecular weight excluding hydrogens is 317 g/mol. The molecule has 0 radical (unpaired) electrons. The third kappa shape index (κ3) is 4.87. The Morgan fingerprint density at radius 1 is 1.00 bits per heavy atom. The van der Waals surface area contributed by atoms with Crippen molar-refractivity contribution in [3.8, 4) is 0 Å². The highest BCUT2D eigenvalue weighted by Gasteiger charge is 2.37. The molecule has 24 heavy (non-hydrogen) atoms. The van der Waals surface area contributed by atoms with E-state index >= 15 is 0 Å². The van der Waals surface area contributed by atoms with Crippen LogP contribution in [0.1, 0.15) is 70.6 Å². The van der Waals surface area contributed by atoms with Crippen LogP contribution in [0.4, 0.5) is 13.2 Å². The van der Waals surface area contributed by atoms with E-state index in [4.69, 9.17) is 0 Å². The van der Waals surface area contributed by atoms with Crippen LogP contribution in [0.15, 0.2) is 0 Å². The number of nitrogens with one attached hydrogen (secondary N) is 1. The fraction of sp³-hybridized carbons (Fsp3) is 0.944. The lowest BCUT2D eigenvalue weighted by Crippen LogP contribution is -2.45. The second-order valence-corrected chi connectivity index (χ2v) is 7.92. The summed E-state index contributed by atoms with van der Waals surface area (Å²) in [4.78, 5) is 14.4. The molecule has 1 aliphatic carbocycles. The number of hydrogen-bond acceptors (Lipinski definition) is 2. The van der Waals surface area contributed by atoms with Gasteiger partial charge in [-0.2, -0.15) is 13.2 Å². The van der Waals surface area contributed by atoms with Gasteiger partial charge in [0, 0.05) is 31.1 Å². The van der Waals surface area contributed by atoms with E-state index in [2.05, 4.69) is 5.32 Å². The molecule has 1 N–H and O–H groups in total. The number of hydrogen-bond donors (Lipinski definition) is 1. The van der Waals surface area contributed by atoms with Gasteiger partial charge in [-0.25, -0.2) is 0 Å². The number of nitrogens with zero attached hydrogens (tertiary/aromatic N) is 1. The Hall–Kier alpha value is -0.780. The molecule has 0 aromatic rings. The van der Waals surface area contributed by atoms with Crippen LogP contribution in [0.5, 0.6) is 0 Å². The van der Waals surface area contributed by atoms with E-state index < -0.39 is 12.6 Å². The van der Waals surface area contributed by atoms with Gasteiger partial charge in [0.15, 0.2) is 0 Å². The summed E-state index contributed by atoms with van der Waals surface area (Å²) < 4.78 is 38.0. The van der Waals surface area contributed by atoms with Crippen LogP contribution in [0.25, 0.3) is 0 Å². The number of halogens is 3. The molecule has 2 saturated heterocycles. The minimum Gasteiger partial charge on any atom is -0.339 e. The van der Waals surface area contributed by atoms with Crippen molar-refractivity contribution in [3.63, 3.8) is 0 Å². The highest BCUT2D eigenvalue weighted by molar-refractivity contribution is 5.76. The molecule has 0 aromatic carbocycles. The molecule has 2 unspecified atom stereocenters. The molecule has 138 valence electrons. The second-order valence-electron chi connectivity index (χ2n) is 7.92. The maximum atomic E-state index is 12.8. The van der Waals surface area contributed by atoms with Crippen molar-refractivity contribution >= 4 is 5.91 Å². The Balaban J connectivity index is 1.59. The van der Waals surface area contributed by atoms with Crippen molar-refractivity contribution in [1.82, 2.24) is 10.2 Å². The van der Waals surface area contributed by atoms with Gasteiger partial charge in [0.25, 0.3) is 0 Å². The maximum Gasteiger partial charge on any atom is 0.390 e. The molecule has 0 aromatic heterocycles. The summed E-state index contributed by atoms with van der Waals surface area (Å²) in [5.74, 6) is 0.297. The summed E-state index contributed by atoms with van der Waals surface area (Å²) in [7, 11) is 0. The second kappa shape index (κ2) is 7.63. The van der Waals surface area contributed by atoms with Crippen molar-refractivity contribution < 1.29 is 18.0 Å². The SMILES string of the molecule is O=C(CC1CC2CCC(C1)N2)N(CCC(F)(F)F)C1CCCCC1. The van der Waals surface area contributed by atoms with Crippen molar-refractivity contribution in [3.05, 3.63) is 0 Å². The molecule has 2 heterocycles. The van der Waals surface area contributed by atoms with Gasteiger partial charge >= 0.3 is 6.18 Å². The Bertz CT molecular complexity index is 422. The lowest BCUT2D eigenvalue weighted by atomic mass is 9.88. The minimum absolute atomic E-state index is 0.0204. The summed E-state index contributed by atoms with van der Waals surface area (Å²) in [6.07, 6.45) is 4.62. The first-order chi connectivity index (χ1) is 11.4. The van der Waals surface area contributed by atoms with Gasteiger partial charge in [-0.1, -0.05) is 19.3 Å². The first kappa shape index (κ1) is 18.0. The minimum atomic E-state index is -4.19. The largest absolute Gasteiger partial charge is 0.390 e. The average molecular weight is 346 g/mol. The zero-order chi connectivity index (χ0) is 17.2. The number of alkyl halides is 3. The molecule has 3 rings (SSSR count). The molecule has 2 aliphatic heterocycles. The lowest BCUT2D eigenvalue weighted by molar-refractivity contribution is -0.149. The van der Waals surface area contributed by atoms with Crippen LogP contribution >= 0.6 is 0 Å². The van der Waals surface area contributed by atoms with E-state index in [0.29, 0.717) is 24.4 Å². The van der Waals surface area contributed by atoms with E-state index in [1.165, 1.54) is 12.8 Å². The molecule has 3 aliphatic rings. The standard InChI is InChI=1S/C18H29F3N2O/c19-18(20,21)8-9-23(16-4-2-1-3-5-16)17(24)12-13-10-14-6-7-15(11-13)22-14/h13-16,22H,1-12H2. The molecule has 3 nitrogen and oxygen atoms in total. The number of amides is 1. The van der Waals surface area contributed by atoms with Crippen LogP contribution in [0.2, 0.25) is 0 Å². The van der Waals surface area contributed by atoms with Crippen molar-refractivity contribution in [2.75, 3.05) is 6.54 Å². The summed E-state index contributed by atoms with van der Waals surface area (Å²) in [5, 5.41) is 3.56. The highest BCUT2D eigenvalue weighted by Crippen LogP contribution is 2.34. The lowest BCUT2D eigenvalue weighted by Gasteiger charge is -2.36. The van der Waals surface area contributed by atoms with Crippen LogP contribution in [-0.2, 0) is 4.79 Å². The molecular formula is C18H29F3N2O. The van der Waals surface area contributed by atoms with Gasteiger partial charge in [-0.05, 0) is 44.4 Å². The summed E-state index contributed by atoms with van der Waals surface area (Å²) >= 11 is 0. The fourth-order valence-corrected chi connectivity index (χ4v) is 4.86. The molecule has 0 spiro atoms. The van der Waals surface area contributed by atoms with E-state index in [1.54, 1.807) is 4.90 Å². The first-order valence-electron chi connectivity index (χ1n) is 9.53. The number of carbonyl (C=O) groups excluding carboxylic acids is 1. The summed E-state index contributed by atoms with van der Waals surface area (Å²) in [6, 6.07) is 1.05. The van der Waals surface area contributed by atoms with Gasteiger partial charge in [0.1, 0.15) is 0 Å². The Labute approximate surface area is 142 Å². The van der Waals surface area contributed by atoms with E-state index in [-0.39, 0.29) is 18.5 Å². The topological polar surface area (TPSA) is 32.3 Å². The van der Waals surface area contributed by atoms with Crippen molar-refractivity contribution in [2.24, 2.45) is 5.92 Å². The van der Waals surface area contributed by atoms with Crippen LogP contribution < -0.4 is 5.32 Å². The van der Waals surface area contributed by atoms with Crippen LogP contribution in [-0.4, -0.2) is 41.7 Å². The number of fused-ring (bicyclic) bond motifs is 2. The quantitative estimate of drug-likeness (QED) is 0.815. The fourth-order valence-electron chi connectivity index (χ4n) is 4.86. The molecule has 6 heteroatoms. The Morgan fingerprint density at radius 2 is 1.62 bits per heavy atom. The number of rotatable bonds is 5. The average Bonchev–Trinajstić information content (AvgIpc) is 2.86. The zero-order valence-corrected chi connectivity index (χ0v) is 14.3. The third-order valence-electron chi connectivity index (χ3n) is 6.01. The van der Waals surface area contributed by atoms with Gasteiger partial charge in [-0.15, -0.1) is 0 Å². The number of carbonyl (C=O) groups is 1. The van der Waals surface area contributed by atoms with Gasteiger partial charge in [0.2, 0.25) is 5.91 Å². The molecule has 2 bridgehead atoms. The molecule has 1 saturated carbocycles. The van der Waals surface area contributed by atoms with E-state index in [0.717, 1.165) is 44.9 Å². The van der Waals surface area contributed by atoms with Gasteiger partial charge in [-0.3, -0.25) is 4.79 Å². The predicted molar refractivity (Wildman–Crippen MR) is 86.5 cm³/mol. The molecule has 1 amide bonds. The smallest absolute Gasteiger partial charge is 0.339 e. The van der Waals surface area contributed by atoms with Crippen molar-refractivity contribution in [2.45, 2.75) is 94.9 Å². The van der Waals surface area contributed by atoms with Crippen LogP contribution in [0, 0.1) is 5.92 Å². The Morgan fingerprint density at radius 3 is 2.21 bits per heavy atom. The Kier molecular flexibility index (Phi) is 5.73. The third-order valence-corrected chi connectivity index (χ3v) is 6.01.